The molecule has 0 saturated carbocycles. The van der Waals surface area contributed by atoms with Crippen molar-refractivity contribution in [3.8, 4) is 0 Å². The van der Waals surface area contributed by atoms with Gasteiger partial charge in [-0.15, -0.1) is 0 Å². The van der Waals surface area contributed by atoms with Gasteiger partial charge in [-0.2, -0.15) is 0 Å². The average Bonchev–Trinajstić information content (AvgIpc) is 2.61. The van der Waals surface area contributed by atoms with E-state index in [2.05, 4.69) is 10.6 Å². The third-order valence-corrected chi connectivity index (χ3v) is 4.28. The second-order valence-electron chi connectivity index (χ2n) is 6.60. The molecule has 142 valence electrons. The lowest BCUT2D eigenvalue weighted by Crippen LogP contribution is -2.33. The number of nitrogens with one attached hydrogen (secondary N) is 2. The summed E-state index contributed by atoms with van der Waals surface area (Å²) in [5.74, 6) is -1.66. The van der Waals surface area contributed by atoms with Crippen molar-refractivity contribution in [3.63, 3.8) is 0 Å². The maximum absolute atomic E-state index is 12.1. The van der Waals surface area contributed by atoms with Crippen LogP contribution in [0.4, 0.5) is 5.69 Å². The van der Waals surface area contributed by atoms with Crippen molar-refractivity contribution in [2.45, 2.75) is 33.6 Å². The number of hydrogen-bond donors (Lipinski definition) is 3. The predicted molar refractivity (Wildman–Crippen MR) is 104 cm³/mol. The van der Waals surface area contributed by atoms with Crippen LogP contribution in [0.2, 0.25) is 0 Å². The first kappa shape index (κ1) is 20.2. The number of hydrogen-bond acceptors (Lipinski definition) is 3. The molecular formula is C21H24N2O4. The summed E-state index contributed by atoms with van der Waals surface area (Å²) in [5, 5.41) is 14.4. The van der Waals surface area contributed by atoms with E-state index < -0.39 is 11.9 Å². The summed E-state index contributed by atoms with van der Waals surface area (Å²) in [7, 11) is 0. The molecule has 0 unspecified atom stereocenters. The third kappa shape index (κ3) is 5.95. The van der Waals surface area contributed by atoms with E-state index in [4.69, 9.17) is 0 Å². The summed E-state index contributed by atoms with van der Waals surface area (Å²) in [5.41, 5.74) is 4.18. The van der Waals surface area contributed by atoms with Gasteiger partial charge in [0, 0.05) is 12.1 Å². The number of aromatic carboxylic acids is 1. The van der Waals surface area contributed by atoms with Crippen LogP contribution in [0.3, 0.4) is 0 Å². The Morgan fingerprint density at radius 3 is 2.22 bits per heavy atom. The van der Waals surface area contributed by atoms with Gasteiger partial charge in [0.15, 0.2) is 0 Å². The van der Waals surface area contributed by atoms with Crippen molar-refractivity contribution in [3.05, 3.63) is 64.2 Å². The van der Waals surface area contributed by atoms with Crippen LogP contribution in [0.25, 0.3) is 0 Å². The normalized spacial score (nSPS) is 10.3. The van der Waals surface area contributed by atoms with E-state index >= 15 is 0 Å². The van der Waals surface area contributed by atoms with Gasteiger partial charge in [0.2, 0.25) is 11.8 Å². The Balaban J connectivity index is 1.85. The molecule has 0 aromatic heterocycles. The number of anilines is 1. The highest BCUT2D eigenvalue weighted by Gasteiger charge is 2.13. The van der Waals surface area contributed by atoms with Crippen molar-refractivity contribution < 1.29 is 19.5 Å². The van der Waals surface area contributed by atoms with E-state index in [0.717, 1.165) is 16.7 Å². The molecule has 0 aliphatic rings. The van der Waals surface area contributed by atoms with Crippen molar-refractivity contribution in [1.82, 2.24) is 5.32 Å². The number of carboxylic acid groups (broad SMARTS) is 1. The van der Waals surface area contributed by atoms with Crippen molar-refractivity contribution in [1.29, 1.82) is 0 Å². The van der Waals surface area contributed by atoms with Gasteiger partial charge >= 0.3 is 5.97 Å². The Labute approximate surface area is 158 Å². The molecule has 0 aliphatic heterocycles. The number of benzene rings is 2. The lowest BCUT2D eigenvalue weighted by molar-refractivity contribution is -0.124. The van der Waals surface area contributed by atoms with E-state index in [0.29, 0.717) is 24.1 Å². The van der Waals surface area contributed by atoms with E-state index in [1.165, 1.54) is 6.07 Å². The molecule has 6 heteroatoms. The highest BCUT2D eigenvalue weighted by atomic mass is 16.4. The molecular weight excluding hydrogens is 344 g/mol. The lowest BCUT2D eigenvalue weighted by Gasteiger charge is -2.12. The van der Waals surface area contributed by atoms with E-state index in [1.54, 1.807) is 19.9 Å². The minimum Gasteiger partial charge on any atom is -0.478 e. The summed E-state index contributed by atoms with van der Waals surface area (Å²) < 4.78 is 0. The van der Waals surface area contributed by atoms with Crippen LogP contribution in [0.15, 0.2) is 36.4 Å². The van der Waals surface area contributed by atoms with Gasteiger partial charge in [0.25, 0.3) is 0 Å². The van der Waals surface area contributed by atoms with Gasteiger partial charge in [-0.1, -0.05) is 35.9 Å². The Kier molecular flexibility index (Phi) is 6.71. The van der Waals surface area contributed by atoms with E-state index in [9.17, 15) is 19.5 Å². The number of carbonyl (C=O) groups is 3. The second-order valence-corrected chi connectivity index (χ2v) is 6.60. The Morgan fingerprint density at radius 1 is 0.926 bits per heavy atom. The fourth-order valence-electron chi connectivity index (χ4n) is 2.69. The van der Waals surface area contributed by atoms with Gasteiger partial charge in [-0.05, 0) is 49.9 Å². The maximum atomic E-state index is 12.1. The largest absolute Gasteiger partial charge is 0.478 e. The van der Waals surface area contributed by atoms with Gasteiger partial charge in [0.05, 0.1) is 12.1 Å². The van der Waals surface area contributed by atoms with Crippen LogP contribution in [0.1, 0.15) is 39.0 Å². The Bertz CT molecular complexity index is 857. The smallest absolute Gasteiger partial charge is 0.336 e. The summed E-state index contributed by atoms with van der Waals surface area (Å²) in [4.78, 5) is 35.2. The number of carboxylic acids is 1. The van der Waals surface area contributed by atoms with Crippen LogP contribution < -0.4 is 10.6 Å². The van der Waals surface area contributed by atoms with E-state index in [1.807, 2.05) is 31.2 Å². The first-order valence-corrected chi connectivity index (χ1v) is 8.73. The fourth-order valence-corrected chi connectivity index (χ4v) is 2.69. The lowest BCUT2D eigenvalue weighted by atomic mass is 10.0. The molecule has 0 radical (unpaired) electrons. The van der Waals surface area contributed by atoms with Crippen molar-refractivity contribution >= 4 is 23.5 Å². The molecule has 2 aromatic carbocycles. The topological polar surface area (TPSA) is 95.5 Å². The second kappa shape index (κ2) is 8.98. The molecule has 3 N–H and O–H groups in total. The molecule has 6 nitrogen and oxygen atoms in total. The fraction of sp³-hybridized carbons (Fsp3) is 0.286. The zero-order valence-corrected chi connectivity index (χ0v) is 15.8. The first-order chi connectivity index (χ1) is 12.8. The quantitative estimate of drug-likeness (QED) is 0.700. The zero-order valence-electron chi connectivity index (χ0n) is 15.8. The summed E-state index contributed by atoms with van der Waals surface area (Å²) in [6.07, 6.45) is 0.899. The van der Waals surface area contributed by atoms with Crippen LogP contribution in [0.5, 0.6) is 0 Å². The predicted octanol–water partition coefficient (Wildman–Crippen LogP) is 3.00. The highest BCUT2D eigenvalue weighted by molar-refractivity contribution is 5.97. The molecule has 0 atom stereocenters. The number of aryl methyl sites for hydroxylation is 4. The van der Waals surface area contributed by atoms with Gasteiger partial charge in [-0.25, -0.2) is 4.79 Å². The molecule has 2 rings (SSSR count). The van der Waals surface area contributed by atoms with E-state index in [-0.39, 0.29) is 18.0 Å². The SMILES string of the molecule is Cc1ccc(CCC(=O)NCC(=O)Nc2cc(C(=O)O)c(C)cc2C)cc1. The average molecular weight is 368 g/mol. The number of rotatable bonds is 7. The van der Waals surface area contributed by atoms with Crippen LogP contribution in [-0.4, -0.2) is 29.4 Å². The molecule has 27 heavy (non-hydrogen) atoms. The minimum absolute atomic E-state index is 0.137. The van der Waals surface area contributed by atoms with Gasteiger partial charge < -0.3 is 15.7 Å². The monoisotopic (exact) mass is 368 g/mol. The van der Waals surface area contributed by atoms with Crippen LogP contribution in [-0.2, 0) is 16.0 Å². The molecule has 0 fully saturated rings. The Morgan fingerprint density at radius 2 is 1.59 bits per heavy atom. The van der Waals surface area contributed by atoms with Crippen LogP contribution in [0, 0.1) is 20.8 Å². The highest BCUT2D eigenvalue weighted by Crippen LogP contribution is 2.20. The molecule has 0 bridgehead atoms. The molecule has 0 spiro atoms. The molecule has 0 saturated heterocycles. The van der Waals surface area contributed by atoms with Crippen LogP contribution >= 0.6 is 0 Å². The third-order valence-electron chi connectivity index (χ3n) is 4.28. The number of carbonyl (C=O) groups excluding carboxylic acids is 2. The van der Waals surface area contributed by atoms with Crippen molar-refractivity contribution in [2.24, 2.45) is 0 Å². The van der Waals surface area contributed by atoms with Gasteiger partial charge in [-0.3, -0.25) is 9.59 Å². The Hall–Kier alpha value is -3.15. The molecule has 0 aliphatic carbocycles. The maximum Gasteiger partial charge on any atom is 0.336 e. The summed E-state index contributed by atoms with van der Waals surface area (Å²) >= 11 is 0. The summed E-state index contributed by atoms with van der Waals surface area (Å²) in [6, 6.07) is 11.1. The zero-order chi connectivity index (χ0) is 20.0. The van der Waals surface area contributed by atoms with Crippen molar-refractivity contribution in [2.75, 3.05) is 11.9 Å². The minimum atomic E-state index is -1.05. The first-order valence-electron chi connectivity index (χ1n) is 8.73. The standard InChI is InChI=1S/C21H24N2O4/c1-13-4-6-16(7-5-13)8-9-19(24)22-12-20(25)23-18-11-17(21(26)27)14(2)10-15(18)3/h4-7,10-11H,8-9,12H2,1-3H3,(H,22,24)(H,23,25)(H,26,27). The summed E-state index contributed by atoms with van der Waals surface area (Å²) in [6.45, 7) is 5.33. The molecule has 2 aromatic rings. The van der Waals surface area contributed by atoms with Gasteiger partial charge in [0.1, 0.15) is 0 Å². The number of amides is 2. The molecule has 0 heterocycles. The molecule has 2 amide bonds.